The van der Waals surface area contributed by atoms with Gasteiger partial charge in [0.05, 0.1) is 0 Å². The van der Waals surface area contributed by atoms with Crippen LogP contribution in [0.1, 0.15) is 37.2 Å². The summed E-state index contributed by atoms with van der Waals surface area (Å²) in [5.74, 6) is 1.87. The van der Waals surface area contributed by atoms with Crippen molar-refractivity contribution in [2.24, 2.45) is 0 Å². The molecule has 17 heavy (non-hydrogen) atoms. The van der Waals surface area contributed by atoms with Crippen molar-refractivity contribution in [3.63, 3.8) is 0 Å². The van der Waals surface area contributed by atoms with Gasteiger partial charge >= 0.3 is 0 Å². The minimum atomic E-state index is 0.346. The molecule has 4 N–H and O–H groups in total. The smallest absolute Gasteiger partial charge is 0.221 e. The molecular weight excluding hydrogens is 214 g/mol. The number of nitrogens with two attached hydrogens (primary N) is 1. The molecule has 1 aliphatic rings. The van der Waals surface area contributed by atoms with Crippen molar-refractivity contribution in [2.75, 3.05) is 31.2 Å². The second kappa shape index (κ2) is 5.82. The van der Waals surface area contributed by atoms with E-state index in [4.69, 9.17) is 5.73 Å². The molecule has 1 aromatic rings. The predicted octanol–water partition coefficient (Wildman–Crippen LogP) is 1.35. The Morgan fingerprint density at radius 1 is 1.35 bits per heavy atom. The first-order valence-corrected chi connectivity index (χ1v) is 6.32. The second-order valence-corrected chi connectivity index (χ2v) is 4.54. The van der Waals surface area contributed by atoms with Crippen LogP contribution in [0.2, 0.25) is 0 Å². The molecule has 5 heteroatoms. The van der Waals surface area contributed by atoms with Crippen molar-refractivity contribution >= 4 is 11.8 Å². The summed E-state index contributed by atoms with van der Waals surface area (Å²) in [6.07, 6.45) is 7.00. The first-order valence-electron chi connectivity index (χ1n) is 6.32. The number of nitrogens with zero attached hydrogens (tertiary/aromatic N) is 2. The number of anilines is 2. The Morgan fingerprint density at radius 2 is 2.12 bits per heavy atom. The summed E-state index contributed by atoms with van der Waals surface area (Å²) in [6, 6.07) is 0. The molecule has 0 spiro atoms. The van der Waals surface area contributed by atoms with Crippen LogP contribution in [0.3, 0.4) is 0 Å². The molecule has 0 radical (unpaired) electrons. The van der Waals surface area contributed by atoms with Gasteiger partial charge in [-0.2, -0.15) is 4.98 Å². The van der Waals surface area contributed by atoms with Gasteiger partial charge < -0.3 is 16.4 Å². The lowest BCUT2D eigenvalue weighted by atomic mass is 10.00. The number of aromatic nitrogens is 2. The fourth-order valence-corrected chi connectivity index (χ4v) is 2.39. The van der Waals surface area contributed by atoms with Gasteiger partial charge in [0.15, 0.2) is 0 Å². The molecule has 0 unspecified atom stereocenters. The summed E-state index contributed by atoms with van der Waals surface area (Å²) in [5, 5.41) is 6.44. The molecule has 0 aromatic carbocycles. The van der Waals surface area contributed by atoms with Gasteiger partial charge in [0, 0.05) is 24.8 Å². The highest BCUT2D eigenvalue weighted by atomic mass is 15.1. The summed E-state index contributed by atoms with van der Waals surface area (Å²) >= 11 is 0. The lowest BCUT2D eigenvalue weighted by Gasteiger charge is -2.15. The largest absolute Gasteiger partial charge is 0.368 e. The average molecular weight is 235 g/mol. The van der Waals surface area contributed by atoms with E-state index in [1.54, 1.807) is 0 Å². The first kappa shape index (κ1) is 12.1. The summed E-state index contributed by atoms with van der Waals surface area (Å²) < 4.78 is 0. The van der Waals surface area contributed by atoms with E-state index in [2.05, 4.69) is 20.6 Å². The Balaban J connectivity index is 2.12. The highest BCUT2D eigenvalue weighted by Gasteiger charge is 2.21. The molecule has 0 bridgehead atoms. The predicted molar refractivity (Wildman–Crippen MR) is 70.1 cm³/mol. The highest BCUT2D eigenvalue weighted by Crippen LogP contribution is 2.36. The maximum absolute atomic E-state index is 5.65. The standard InChI is InChI=1S/C12H21N5/c1-14-6-7-15-11-10(8-16-12(13)17-11)9-4-2-3-5-9/h8-9,14H,2-7H2,1H3,(H3,13,15,16,17). The topological polar surface area (TPSA) is 75.9 Å². The molecular formula is C12H21N5. The summed E-state index contributed by atoms with van der Waals surface area (Å²) in [4.78, 5) is 8.44. The van der Waals surface area contributed by atoms with Crippen LogP contribution in [0.25, 0.3) is 0 Å². The minimum absolute atomic E-state index is 0.346. The van der Waals surface area contributed by atoms with Gasteiger partial charge in [0.2, 0.25) is 5.95 Å². The number of hydrogen-bond acceptors (Lipinski definition) is 5. The fraction of sp³-hybridized carbons (Fsp3) is 0.667. The normalized spacial score (nSPS) is 16.3. The van der Waals surface area contributed by atoms with E-state index >= 15 is 0 Å². The van der Waals surface area contributed by atoms with Crippen LogP contribution < -0.4 is 16.4 Å². The third kappa shape index (κ3) is 3.06. The lowest BCUT2D eigenvalue weighted by Crippen LogP contribution is -2.19. The summed E-state index contributed by atoms with van der Waals surface area (Å²) in [7, 11) is 1.94. The van der Waals surface area contributed by atoms with E-state index in [0.29, 0.717) is 11.9 Å². The number of rotatable bonds is 5. The number of nitrogen functional groups attached to an aromatic ring is 1. The zero-order valence-electron chi connectivity index (χ0n) is 10.4. The Morgan fingerprint density at radius 3 is 2.82 bits per heavy atom. The van der Waals surface area contributed by atoms with Crippen molar-refractivity contribution in [3.05, 3.63) is 11.8 Å². The maximum Gasteiger partial charge on any atom is 0.221 e. The monoisotopic (exact) mass is 235 g/mol. The molecule has 1 saturated carbocycles. The van der Waals surface area contributed by atoms with E-state index < -0.39 is 0 Å². The van der Waals surface area contributed by atoms with E-state index in [0.717, 1.165) is 18.9 Å². The maximum atomic E-state index is 5.65. The van der Waals surface area contributed by atoms with Crippen LogP contribution in [0, 0.1) is 0 Å². The summed E-state index contributed by atoms with van der Waals surface area (Å²) in [6.45, 7) is 1.76. The van der Waals surface area contributed by atoms with E-state index in [9.17, 15) is 0 Å². The number of hydrogen-bond donors (Lipinski definition) is 3. The third-order valence-electron chi connectivity index (χ3n) is 3.30. The zero-order chi connectivity index (χ0) is 12.1. The quantitative estimate of drug-likeness (QED) is 0.672. The Hall–Kier alpha value is -1.36. The van der Waals surface area contributed by atoms with Crippen molar-refractivity contribution in [1.82, 2.24) is 15.3 Å². The van der Waals surface area contributed by atoms with E-state index in [1.165, 1.54) is 31.2 Å². The van der Waals surface area contributed by atoms with Crippen LogP contribution in [0.5, 0.6) is 0 Å². The van der Waals surface area contributed by atoms with Gasteiger partial charge in [-0.05, 0) is 25.8 Å². The number of nitrogens with one attached hydrogen (secondary N) is 2. The second-order valence-electron chi connectivity index (χ2n) is 4.54. The Labute approximate surface area is 102 Å². The molecule has 1 heterocycles. The van der Waals surface area contributed by atoms with E-state index in [1.807, 2.05) is 13.2 Å². The van der Waals surface area contributed by atoms with Crippen molar-refractivity contribution < 1.29 is 0 Å². The average Bonchev–Trinajstić information content (AvgIpc) is 2.83. The minimum Gasteiger partial charge on any atom is -0.368 e. The van der Waals surface area contributed by atoms with Crippen LogP contribution in [0.15, 0.2) is 6.20 Å². The number of likely N-dealkylation sites (N-methyl/N-ethyl adjacent to an activating group) is 1. The van der Waals surface area contributed by atoms with E-state index in [-0.39, 0.29) is 0 Å². The molecule has 0 atom stereocenters. The summed E-state index contributed by atoms with van der Waals surface area (Å²) in [5.41, 5.74) is 6.88. The molecule has 1 aliphatic carbocycles. The van der Waals surface area contributed by atoms with Gasteiger partial charge in [0.1, 0.15) is 5.82 Å². The highest BCUT2D eigenvalue weighted by molar-refractivity contribution is 5.48. The molecule has 0 aliphatic heterocycles. The van der Waals surface area contributed by atoms with Gasteiger partial charge in [-0.15, -0.1) is 0 Å². The van der Waals surface area contributed by atoms with Crippen molar-refractivity contribution in [2.45, 2.75) is 31.6 Å². The molecule has 0 saturated heterocycles. The van der Waals surface area contributed by atoms with Crippen LogP contribution >= 0.6 is 0 Å². The Kier molecular flexibility index (Phi) is 4.14. The SMILES string of the molecule is CNCCNc1nc(N)ncc1C1CCCC1. The molecule has 0 amide bonds. The van der Waals surface area contributed by atoms with Crippen molar-refractivity contribution in [3.8, 4) is 0 Å². The molecule has 94 valence electrons. The third-order valence-corrected chi connectivity index (χ3v) is 3.30. The van der Waals surface area contributed by atoms with Gasteiger partial charge in [-0.1, -0.05) is 12.8 Å². The molecule has 1 aromatic heterocycles. The molecule has 2 rings (SSSR count). The molecule has 5 nitrogen and oxygen atoms in total. The molecule has 1 fully saturated rings. The van der Waals surface area contributed by atoms with Gasteiger partial charge in [-0.3, -0.25) is 0 Å². The van der Waals surface area contributed by atoms with Crippen LogP contribution in [0.4, 0.5) is 11.8 Å². The van der Waals surface area contributed by atoms with Crippen molar-refractivity contribution in [1.29, 1.82) is 0 Å². The zero-order valence-corrected chi connectivity index (χ0v) is 10.4. The van der Waals surface area contributed by atoms with Gasteiger partial charge in [-0.25, -0.2) is 4.98 Å². The van der Waals surface area contributed by atoms with Crippen LogP contribution in [-0.2, 0) is 0 Å². The van der Waals surface area contributed by atoms with Crippen LogP contribution in [-0.4, -0.2) is 30.1 Å². The Bertz CT molecular complexity index is 360. The lowest BCUT2D eigenvalue weighted by molar-refractivity contribution is 0.714. The fourth-order valence-electron chi connectivity index (χ4n) is 2.39. The van der Waals surface area contributed by atoms with Gasteiger partial charge in [0.25, 0.3) is 0 Å². The first-order chi connectivity index (χ1) is 8.31.